The number of benzene rings is 6. The molecule has 0 fully saturated rings. The minimum Gasteiger partial charge on any atom is -0.496 e. The fourth-order valence-corrected chi connectivity index (χ4v) is 17.0. The molecule has 1 atom stereocenters. The number of carboxylic acids is 6. The zero-order valence-corrected chi connectivity index (χ0v) is 79.8. The SMILES string of the molecule is CC1(F)Oc2ccc(CCc3ccc4nccn4c3C(=O)O)cc2O1.COc1cc(C)ccc1CCc1ccc2nc(C)cn2c1C(=O)O.COc1cc(C)ccc1CCc1ccc2ncc(C(=O)O)n2c1.COc1ccc(Cl)cc1CCc1ccc2ncc(C(=O)O)n2c1.Cc1cc(F)c(CCc2ccc3nccn3c2C(=O)O)c(F)c1.Cc1ccc(Cn2cnc(-c3cc(C(=O)O)n4ccnc4c3)c2)cc1. The highest BCUT2D eigenvalue weighted by Crippen LogP contribution is 2.41. The summed E-state index contributed by atoms with van der Waals surface area (Å²) >= 11 is 6.04. The Labute approximate surface area is 821 Å². The summed E-state index contributed by atoms with van der Waals surface area (Å²) in [5.41, 5.74) is 20.3. The average Bonchev–Trinajstić information content (AvgIpc) is 1.56. The predicted molar refractivity (Wildman–Crippen MR) is 528 cm³/mol. The van der Waals surface area contributed by atoms with E-state index in [2.05, 4.69) is 78.2 Å². The molecule has 0 saturated carbocycles. The maximum absolute atomic E-state index is 13.9. The van der Waals surface area contributed by atoms with Gasteiger partial charge in [0.15, 0.2) is 22.9 Å². The van der Waals surface area contributed by atoms with Crippen molar-refractivity contribution in [1.82, 2.24) is 65.9 Å². The molecule has 730 valence electrons. The number of rotatable bonds is 27. The summed E-state index contributed by atoms with van der Waals surface area (Å²) in [6, 6.07) is 53.4. The molecule has 1 aliphatic rings. The molecule has 35 heteroatoms. The lowest BCUT2D eigenvalue weighted by Gasteiger charge is -2.11. The molecule has 6 aromatic carbocycles. The first-order valence-corrected chi connectivity index (χ1v) is 45.5. The van der Waals surface area contributed by atoms with Crippen molar-refractivity contribution in [2.75, 3.05) is 21.3 Å². The Hall–Kier alpha value is -17.4. The Balaban J connectivity index is 0.000000129. The zero-order valence-electron chi connectivity index (χ0n) is 79.1. The van der Waals surface area contributed by atoms with Crippen molar-refractivity contribution in [1.29, 1.82) is 0 Å². The highest BCUT2D eigenvalue weighted by molar-refractivity contribution is 6.30. The quantitative estimate of drug-likeness (QED) is 0.0278. The number of hydrogen-bond acceptors (Lipinski definition) is 18. The first kappa shape index (κ1) is 100. The molecule has 14 heterocycles. The molecule has 31 nitrogen and oxygen atoms in total. The fraction of sp³-hybridized carbons (Fsp3) is 0.194. The fourth-order valence-electron chi connectivity index (χ4n) is 16.8. The molecule has 143 heavy (non-hydrogen) atoms. The monoisotopic (exact) mass is 1950 g/mol. The number of methoxy groups -OCH3 is 3. The smallest absolute Gasteiger partial charge is 0.404 e. The molecule has 0 saturated heterocycles. The van der Waals surface area contributed by atoms with Gasteiger partial charge in [0.25, 0.3) is 0 Å². The third-order valence-corrected chi connectivity index (χ3v) is 24.0. The van der Waals surface area contributed by atoms with Crippen LogP contribution in [0.25, 0.3) is 45.1 Å². The number of aromatic nitrogens is 14. The van der Waals surface area contributed by atoms with Crippen molar-refractivity contribution in [3.05, 3.63) is 403 Å². The van der Waals surface area contributed by atoms with E-state index in [1.54, 1.807) is 142 Å². The highest BCUT2D eigenvalue weighted by Gasteiger charge is 2.37. The number of alkyl halides is 1. The van der Waals surface area contributed by atoms with E-state index in [9.17, 15) is 72.6 Å². The van der Waals surface area contributed by atoms with Gasteiger partial charge in [-0.15, -0.1) is 0 Å². The first-order chi connectivity index (χ1) is 68.6. The van der Waals surface area contributed by atoms with Gasteiger partial charge >= 0.3 is 41.9 Å². The second kappa shape index (κ2) is 44.1. The minimum atomic E-state index is -2.15. The molecule has 0 bridgehead atoms. The van der Waals surface area contributed by atoms with Gasteiger partial charge in [0.1, 0.15) is 85.5 Å². The molecule has 0 radical (unpaired) electrons. The summed E-state index contributed by atoms with van der Waals surface area (Å²) in [5, 5.41) is 57.1. The van der Waals surface area contributed by atoms with Crippen LogP contribution in [0.3, 0.4) is 0 Å². The lowest BCUT2D eigenvalue weighted by Crippen LogP contribution is -2.27. The van der Waals surface area contributed by atoms with Crippen molar-refractivity contribution in [3.8, 4) is 40.0 Å². The Morgan fingerprint density at radius 3 is 1.35 bits per heavy atom. The van der Waals surface area contributed by atoms with E-state index in [-0.39, 0.29) is 52.6 Å². The van der Waals surface area contributed by atoms with Gasteiger partial charge in [-0.1, -0.05) is 102 Å². The van der Waals surface area contributed by atoms with Crippen molar-refractivity contribution in [2.45, 2.75) is 118 Å². The Morgan fingerprint density at radius 2 is 0.811 bits per heavy atom. The van der Waals surface area contributed by atoms with Crippen LogP contribution in [-0.4, -0.2) is 160 Å². The van der Waals surface area contributed by atoms with Gasteiger partial charge in [0.05, 0.1) is 51.4 Å². The van der Waals surface area contributed by atoms with Crippen LogP contribution in [-0.2, 0) is 70.8 Å². The zero-order chi connectivity index (χ0) is 102. The molecular weight excluding hydrogens is 1860 g/mol. The lowest BCUT2D eigenvalue weighted by atomic mass is 10.0. The van der Waals surface area contributed by atoms with Crippen molar-refractivity contribution < 1.29 is 96.3 Å². The van der Waals surface area contributed by atoms with E-state index in [4.69, 9.17) is 35.3 Å². The number of fused-ring (bicyclic) bond motifs is 7. The summed E-state index contributed by atoms with van der Waals surface area (Å²) in [6.45, 7) is 11.5. The number of pyridine rings is 6. The molecule has 13 aromatic heterocycles. The van der Waals surface area contributed by atoms with E-state index in [1.165, 1.54) is 53.2 Å². The maximum atomic E-state index is 13.9. The molecule has 0 amide bonds. The largest absolute Gasteiger partial charge is 0.496 e. The number of carboxylic acid groups (broad SMARTS) is 6. The summed E-state index contributed by atoms with van der Waals surface area (Å²) < 4.78 is 79.3. The molecule has 0 aliphatic carbocycles. The number of ether oxygens (including phenoxy) is 5. The number of aryl methyl sites for hydroxylation is 14. The Bertz CT molecular complexity index is 7970. The van der Waals surface area contributed by atoms with E-state index >= 15 is 0 Å². The molecule has 6 N–H and O–H groups in total. The summed E-state index contributed by atoms with van der Waals surface area (Å²) in [7, 11) is 4.96. The topological polar surface area (TPSA) is 392 Å². The van der Waals surface area contributed by atoms with Crippen LogP contribution in [0.2, 0.25) is 5.02 Å². The van der Waals surface area contributed by atoms with Crippen LogP contribution in [0.1, 0.15) is 159 Å². The normalized spacial score (nSPS) is 12.3. The predicted octanol–water partition coefficient (Wildman–Crippen LogP) is 19.9. The van der Waals surface area contributed by atoms with Crippen LogP contribution in [0.4, 0.5) is 13.2 Å². The molecule has 20 rings (SSSR count). The maximum Gasteiger partial charge on any atom is 0.404 e. The van der Waals surface area contributed by atoms with E-state index in [0.29, 0.717) is 99.3 Å². The van der Waals surface area contributed by atoms with Crippen molar-refractivity contribution >= 4 is 81.3 Å². The average molecular weight is 1960 g/mol. The van der Waals surface area contributed by atoms with E-state index in [1.807, 2.05) is 129 Å². The van der Waals surface area contributed by atoms with Gasteiger partial charge in [-0.3, -0.25) is 26.4 Å². The third-order valence-electron chi connectivity index (χ3n) is 23.8. The van der Waals surface area contributed by atoms with Gasteiger partial charge in [-0.2, -0.15) is 4.39 Å². The second-order valence-corrected chi connectivity index (χ2v) is 34.4. The Morgan fingerprint density at radius 1 is 0.371 bits per heavy atom. The third kappa shape index (κ3) is 23.9. The van der Waals surface area contributed by atoms with Gasteiger partial charge in [0, 0.05) is 91.6 Å². The summed E-state index contributed by atoms with van der Waals surface area (Å²) in [6.07, 6.45) is 27.1. The van der Waals surface area contributed by atoms with Crippen LogP contribution in [0.5, 0.6) is 28.7 Å². The van der Waals surface area contributed by atoms with E-state index < -0.39 is 53.5 Å². The first-order valence-electron chi connectivity index (χ1n) is 45.1. The molecular formula is C108H98ClF3N14O17. The van der Waals surface area contributed by atoms with Crippen LogP contribution in [0.15, 0.2) is 263 Å². The van der Waals surface area contributed by atoms with Gasteiger partial charge in [-0.05, 0) is 268 Å². The highest BCUT2D eigenvalue weighted by atomic mass is 35.5. The second-order valence-electron chi connectivity index (χ2n) is 34.0. The number of nitrogens with zero attached hydrogens (tertiary/aromatic N) is 14. The number of aromatic carboxylic acids is 6. The van der Waals surface area contributed by atoms with Gasteiger partial charge in [0.2, 0.25) is 0 Å². The molecule has 0 spiro atoms. The molecule has 1 unspecified atom stereocenters. The van der Waals surface area contributed by atoms with Crippen LogP contribution < -0.4 is 23.7 Å². The van der Waals surface area contributed by atoms with Crippen molar-refractivity contribution in [3.63, 3.8) is 0 Å². The minimum absolute atomic E-state index is 0.0299. The molecule has 19 aromatic rings. The van der Waals surface area contributed by atoms with Crippen molar-refractivity contribution in [2.24, 2.45) is 0 Å². The number of carbonyl (C=O) groups is 6. The number of halogens is 4. The lowest BCUT2D eigenvalue weighted by molar-refractivity contribution is -0.173. The standard InChI is InChI=1S/C19H16N4O2.C19H20N2O3.C18H15FN2O4.C18H18N2O3.C17H15ClN2O3.C17H14F2N2O2/c1-13-2-4-14(5-3-13)10-22-11-16(21-12-22)15-8-17(19(24)25)23-7-6-20-18(23)9-15;1-12-4-5-14(16(10-12)24-3)6-7-15-8-9-17-20-13(2)11-21(17)18(15)19(22)23;1-18(19)24-13-6-3-11(10-14(13)25-18)2-4-12-5-7-15-20-8-9-21(15)16(12)17(22)23;1-12-3-6-14(16(9-12)23-2)7-4-13-5-8-17-19-10-15(18(21)22)20(17)11-13;1-23-15-6-5-13(18)8-12(15)4-2-11-3-7-16-19-9-14(17(21)22)20(16)10-11;1-10-8-13(18)12(14(19)9-10)4-2-11-3-5-15-20-6-7-21(15)16(11)17(22)23/h2-9,11-12H,10H2,1H3,(H,24,25);4-5,8-11H,6-7H2,1-3H3,(H,22,23);3,5-10H,2,4H2,1H3,(H,22,23);3,5-6,8-11H,4,7H2,1-2H3,(H,21,22);3,5-10H,2,4H2,1H3,(H,21,22);3,5-9H,2,4H2,1H3,(H,22,23). The van der Waals surface area contributed by atoms with E-state index in [0.717, 1.165) is 110 Å². The van der Waals surface area contributed by atoms with Crippen LogP contribution >= 0.6 is 11.6 Å². The van der Waals surface area contributed by atoms with Crippen LogP contribution in [0, 0.1) is 46.3 Å². The number of imidazole rings is 7. The van der Waals surface area contributed by atoms with Gasteiger partial charge < -0.3 is 58.9 Å². The summed E-state index contributed by atoms with van der Waals surface area (Å²) in [5.74, 6) is -3.99. The molecule has 1 aliphatic heterocycles. The van der Waals surface area contributed by atoms with Gasteiger partial charge in [-0.25, -0.2) is 72.4 Å². The Kier molecular flexibility index (Phi) is 30.9. The number of hydrogen-bond donors (Lipinski definition) is 6. The summed E-state index contributed by atoms with van der Waals surface area (Å²) in [4.78, 5) is 98.1.